The number of benzene rings is 2. The highest BCUT2D eigenvalue weighted by Crippen LogP contribution is 2.43. The molecule has 1 saturated heterocycles. The number of ether oxygens (including phenoxy) is 1. The number of H-pyrrole nitrogens is 1. The van der Waals surface area contributed by atoms with Gasteiger partial charge in [-0.25, -0.2) is 13.2 Å². The van der Waals surface area contributed by atoms with Crippen molar-refractivity contribution in [3.63, 3.8) is 0 Å². The highest BCUT2D eigenvalue weighted by molar-refractivity contribution is 5.85. The summed E-state index contributed by atoms with van der Waals surface area (Å²) >= 11 is 0. The van der Waals surface area contributed by atoms with E-state index in [1.807, 2.05) is 36.1 Å². The van der Waals surface area contributed by atoms with Crippen molar-refractivity contribution in [1.82, 2.24) is 14.8 Å². The number of aromatic nitrogens is 1. The van der Waals surface area contributed by atoms with Gasteiger partial charge in [0.2, 0.25) is 0 Å². The maximum Gasteiger partial charge on any atom is 0.143 e. The third kappa shape index (κ3) is 5.09. The number of aliphatic hydroxyl groups excluding tert-OH is 1. The SMILES string of the molecule is C[C@@H]1Cc2c([nH]c3ccccc23)[C@@H](c2c(F)cc(OCCN3CC(CF)C3)cc2F)N1C[C@@](C)(F)CO. The first-order chi connectivity index (χ1) is 17.7. The summed E-state index contributed by atoms with van der Waals surface area (Å²) in [6.07, 6.45) is 0.571. The first-order valence-corrected chi connectivity index (χ1v) is 12.8. The molecule has 2 N–H and O–H groups in total. The van der Waals surface area contributed by atoms with Crippen LogP contribution in [0.4, 0.5) is 17.6 Å². The lowest BCUT2D eigenvalue weighted by Crippen LogP contribution is -2.50. The van der Waals surface area contributed by atoms with Gasteiger partial charge in [0.25, 0.3) is 0 Å². The Hall–Kier alpha value is -2.62. The molecule has 9 heteroatoms. The molecule has 2 aliphatic rings. The lowest BCUT2D eigenvalue weighted by molar-refractivity contribution is 0.0162. The molecule has 3 atom stereocenters. The molecule has 200 valence electrons. The molecule has 37 heavy (non-hydrogen) atoms. The van der Waals surface area contributed by atoms with Crippen LogP contribution in [0.5, 0.6) is 5.75 Å². The molecule has 3 heterocycles. The standard InChI is InChI=1S/C28H33F4N3O2/c1-17-9-21-20-5-3-4-6-24(20)33-26(21)27(35(17)15-28(2,32)16-36)25-22(30)10-19(11-23(25)31)37-8-7-34-13-18(12-29)14-34/h3-6,10-11,17-18,27,33,36H,7-9,12-16H2,1-2H3/t17-,27-,28-/m1/s1. The molecule has 0 spiro atoms. The Balaban J connectivity index is 1.47. The van der Waals surface area contributed by atoms with Crippen LogP contribution < -0.4 is 4.74 Å². The van der Waals surface area contributed by atoms with Crippen LogP contribution in [0.25, 0.3) is 10.9 Å². The summed E-state index contributed by atoms with van der Waals surface area (Å²) in [6.45, 7) is 4.04. The van der Waals surface area contributed by atoms with Crippen LogP contribution in [0.1, 0.15) is 36.7 Å². The first-order valence-electron chi connectivity index (χ1n) is 12.8. The molecule has 2 aliphatic heterocycles. The third-order valence-electron chi connectivity index (χ3n) is 7.61. The van der Waals surface area contributed by atoms with E-state index in [0.717, 1.165) is 16.5 Å². The van der Waals surface area contributed by atoms with Crippen molar-refractivity contribution < 1.29 is 27.4 Å². The molecular formula is C28H33F4N3O2. The third-order valence-corrected chi connectivity index (χ3v) is 7.61. The van der Waals surface area contributed by atoms with Gasteiger partial charge in [0.05, 0.1) is 19.3 Å². The van der Waals surface area contributed by atoms with Gasteiger partial charge in [0, 0.05) is 72.4 Å². The number of nitrogens with zero attached hydrogens (tertiary/aromatic N) is 2. The Kier molecular flexibility index (Phi) is 7.22. The van der Waals surface area contributed by atoms with Crippen molar-refractivity contribution >= 4 is 10.9 Å². The van der Waals surface area contributed by atoms with E-state index in [2.05, 4.69) is 4.98 Å². The van der Waals surface area contributed by atoms with E-state index >= 15 is 13.2 Å². The highest BCUT2D eigenvalue weighted by atomic mass is 19.1. The van der Waals surface area contributed by atoms with Gasteiger partial charge < -0.3 is 14.8 Å². The molecule has 1 aromatic heterocycles. The minimum atomic E-state index is -1.95. The van der Waals surface area contributed by atoms with Crippen molar-refractivity contribution in [1.29, 1.82) is 0 Å². The first kappa shape index (κ1) is 26.0. The molecular weight excluding hydrogens is 486 g/mol. The summed E-state index contributed by atoms with van der Waals surface area (Å²) in [4.78, 5) is 7.08. The van der Waals surface area contributed by atoms with Crippen LogP contribution in [-0.4, -0.2) is 77.7 Å². The van der Waals surface area contributed by atoms with Gasteiger partial charge in [-0.05, 0) is 31.9 Å². The Morgan fingerprint density at radius 2 is 1.86 bits per heavy atom. The van der Waals surface area contributed by atoms with Crippen molar-refractivity contribution in [3.05, 3.63) is 64.9 Å². The van der Waals surface area contributed by atoms with Gasteiger partial charge in [-0.15, -0.1) is 0 Å². The number of halogens is 4. The van der Waals surface area contributed by atoms with Gasteiger partial charge in [-0.1, -0.05) is 18.2 Å². The molecule has 3 aromatic rings. The molecule has 0 bridgehead atoms. The zero-order valence-corrected chi connectivity index (χ0v) is 21.1. The minimum Gasteiger partial charge on any atom is -0.492 e. The molecule has 5 nitrogen and oxygen atoms in total. The van der Waals surface area contributed by atoms with Crippen molar-refractivity contribution in [2.45, 2.75) is 38.0 Å². The lowest BCUT2D eigenvalue weighted by Gasteiger charge is -2.43. The number of nitrogens with one attached hydrogen (secondary N) is 1. The average molecular weight is 520 g/mol. The second-order valence-electron chi connectivity index (χ2n) is 10.7. The zero-order chi connectivity index (χ0) is 26.3. The number of aromatic amines is 1. The zero-order valence-electron chi connectivity index (χ0n) is 21.1. The van der Waals surface area contributed by atoms with E-state index in [9.17, 15) is 9.50 Å². The number of alkyl halides is 2. The largest absolute Gasteiger partial charge is 0.492 e. The summed E-state index contributed by atoms with van der Waals surface area (Å²) in [7, 11) is 0. The van der Waals surface area contributed by atoms with E-state index < -0.39 is 30.0 Å². The predicted molar refractivity (Wildman–Crippen MR) is 134 cm³/mol. The minimum absolute atomic E-state index is 0.0570. The van der Waals surface area contributed by atoms with Gasteiger partial charge in [-0.2, -0.15) is 0 Å². The van der Waals surface area contributed by atoms with Gasteiger partial charge in [0.15, 0.2) is 0 Å². The number of rotatable bonds is 9. The average Bonchev–Trinajstić information content (AvgIpc) is 3.20. The lowest BCUT2D eigenvalue weighted by atomic mass is 9.87. The normalized spacial score (nSPS) is 22.6. The van der Waals surface area contributed by atoms with Crippen molar-refractivity contribution in [2.75, 3.05) is 46.1 Å². The van der Waals surface area contributed by atoms with Crippen LogP contribution in [0, 0.1) is 17.6 Å². The Morgan fingerprint density at radius 3 is 2.54 bits per heavy atom. The topological polar surface area (TPSA) is 51.7 Å². The van der Waals surface area contributed by atoms with Crippen LogP contribution in [0.15, 0.2) is 36.4 Å². The number of likely N-dealkylation sites (tertiary alicyclic amines) is 1. The van der Waals surface area contributed by atoms with Crippen LogP contribution in [-0.2, 0) is 6.42 Å². The number of hydrogen-bond acceptors (Lipinski definition) is 4. The Labute approximate surface area is 214 Å². The number of fused-ring (bicyclic) bond motifs is 3. The van der Waals surface area contributed by atoms with Crippen molar-refractivity contribution in [3.8, 4) is 5.75 Å². The fourth-order valence-corrected chi connectivity index (χ4v) is 5.65. The Bertz CT molecular complexity index is 1230. The summed E-state index contributed by atoms with van der Waals surface area (Å²) in [5.74, 6) is -1.44. The molecule has 2 aromatic carbocycles. The number of para-hydroxylation sites is 1. The van der Waals surface area contributed by atoms with Crippen LogP contribution in [0.2, 0.25) is 0 Å². The quantitative estimate of drug-likeness (QED) is 0.400. The maximum absolute atomic E-state index is 15.7. The van der Waals surface area contributed by atoms with E-state index in [1.54, 1.807) is 4.90 Å². The van der Waals surface area contributed by atoms with Gasteiger partial charge in [-0.3, -0.25) is 14.2 Å². The summed E-state index contributed by atoms with van der Waals surface area (Å²) in [5, 5.41) is 10.6. The van der Waals surface area contributed by atoms with Crippen molar-refractivity contribution in [2.24, 2.45) is 5.92 Å². The van der Waals surface area contributed by atoms with E-state index in [1.165, 1.54) is 19.1 Å². The molecule has 0 saturated carbocycles. The Morgan fingerprint density at radius 1 is 1.16 bits per heavy atom. The molecule has 5 rings (SSSR count). The second-order valence-corrected chi connectivity index (χ2v) is 10.7. The highest BCUT2D eigenvalue weighted by Gasteiger charge is 2.42. The number of hydrogen-bond donors (Lipinski definition) is 2. The fourth-order valence-electron chi connectivity index (χ4n) is 5.65. The summed E-state index contributed by atoms with van der Waals surface area (Å²) < 4.78 is 64.6. The molecule has 0 aliphatic carbocycles. The van der Waals surface area contributed by atoms with E-state index in [4.69, 9.17) is 4.74 Å². The van der Waals surface area contributed by atoms with Crippen LogP contribution in [0.3, 0.4) is 0 Å². The monoisotopic (exact) mass is 519 g/mol. The maximum atomic E-state index is 15.7. The molecule has 0 radical (unpaired) electrons. The van der Waals surface area contributed by atoms with Gasteiger partial charge in [0.1, 0.15) is 29.7 Å². The predicted octanol–water partition coefficient (Wildman–Crippen LogP) is 4.78. The second kappa shape index (κ2) is 10.3. The molecule has 0 amide bonds. The van der Waals surface area contributed by atoms with E-state index in [0.29, 0.717) is 31.7 Å². The fraction of sp³-hybridized carbons (Fsp3) is 0.500. The summed E-state index contributed by atoms with van der Waals surface area (Å²) in [6, 6.07) is 8.85. The molecule has 1 fully saturated rings. The van der Waals surface area contributed by atoms with E-state index in [-0.39, 0.29) is 43.1 Å². The number of aliphatic hydroxyl groups is 1. The molecule has 0 unspecified atom stereocenters. The smallest absolute Gasteiger partial charge is 0.143 e. The van der Waals surface area contributed by atoms with Gasteiger partial charge >= 0.3 is 0 Å². The van der Waals surface area contributed by atoms with Crippen LogP contribution >= 0.6 is 0 Å². The summed E-state index contributed by atoms with van der Waals surface area (Å²) in [5.41, 5.74) is 0.283.